The Bertz CT molecular complexity index is 591. The molecule has 3 aliphatic carbocycles. The third-order valence-electron chi connectivity index (χ3n) is 6.19. The van der Waals surface area contributed by atoms with Crippen molar-refractivity contribution in [3.63, 3.8) is 0 Å². The minimum Gasteiger partial charge on any atom is -0.299 e. The Balaban J connectivity index is 1.67. The number of thioether (sulfide) groups is 1. The van der Waals surface area contributed by atoms with Gasteiger partial charge in [-0.1, -0.05) is 43.0 Å². The molecule has 1 nitrogen and oxygen atoms in total. The molecule has 0 amide bonds. The number of benzene rings is 1. The van der Waals surface area contributed by atoms with Gasteiger partial charge in [-0.25, -0.2) is 0 Å². The Morgan fingerprint density at radius 1 is 1.10 bits per heavy atom. The summed E-state index contributed by atoms with van der Waals surface area (Å²) in [4.78, 5) is 15.2. The number of allylic oxidation sites excluding steroid dienone is 2. The molecule has 0 saturated heterocycles. The summed E-state index contributed by atoms with van der Waals surface area (Å²) in [6, 6.07) is 10.7. The van der Waals surface area contributed by atoms with Gasteiger partial charge in [0.1, 0.15) is 5.78 Å². The van der Waals surface area contributed by atoms with Crippen LogP contribution >= 0.6 is 11.8 Å². The van der Waals surface area contributed by atoms with Crippen molar-refractivity contribution in [1.82, 2.24) is 0 Å². The van der Waals surface area contributed by atoms with E-state index >= 15 is 0 Å². The molecule has 4 atom stereocenters. The summed E-state index contributed by atoms with van der Waals surface area (Å²) in [6.45, 7) is 2.41. The Labute approximate surface area is 131 Å². The second-order valence-electron chi connectivity index (χ2n) is 7.01. The van der Waals surface area contributed by atoms with Crippen LogP contribution in [0.3, 0.4) is 0 Å². The number of rotatable bonds is 2. The van der Waals surface area contributed by atoms with E-state index in [0.29, 0.717) is 17.6 Å². The lowest BCUT2D eigenvalue weighted by Crippen LogP contribution is -2.46. The first-order valence-corrected chi connectivity index (χ1v) is 8.97. The van der Waals surface area contributed by atoms with Gasteiger partial charge in [0.25, 0.3) is 0 Å². The maximum Gasteiger partial charge on any atom is 0.136 e. The van der Waals surface area contributed by atoms with E-state index in [2.05, 4.69) is 43.3 Å². The lowest BCUT2D eigenvalue weighted by Gasteiger charge is -2.49. The van der Waals surface area contributed by atoms with Gasteiger partial charge in [-0.2, -0.15) is 0 Å². The van der Waals surface area contributed by atoms with Gasteiger partial charge >= 0.3 is 0 Å². The highest BCUT2D eigenvalue weighted by atomic mass is 32.2. The zero-order valence-corrected chi connectivity index (χ0v) is 13.4. The third kappa shape index (κ3) is 2.03. The second kappa shape index (κ2) is 5.01. The Hall–Kier alpha value is -1.02. The van der Waals surface area contributed by atoms with Crippen LogP contribution in [0.15, 0.2) is 46.2 Å². The molecule has 0 heterocycles. The molecule has 2 fully saturated rings. The Morgan fingerprint density at radius 2 is 1.90 bits per heavy atom. The normalized spacial score (nSPS) is 38.0. The van der Waals surface area contributed by atoms with Gasteiger partial charge in [-0.05, 0) is 60.0 Å². The molecule has 110 valence electrons. The summed E-state index contributed by atoms with van der Waals surface area (Å²) in [5.41, 5.74) is 0.237. The van der Waals surface area contributed by atoms with Crippen molar-refractivity contribution in [2.45, 2.75) is 43.9 Å². The quantitative estimate of drug-likeness (QED) is 0.757. The van der Waals surface area contributed by atoms with Crippen LogP contribution in [0.2, 0.25) is 0 Å². The van der Waals surface area contributed by atoms with Crippen LogP contribution in [-0.4, -0.2) is 5.78 Å². The molecule has 1 aromatic carbocycles. The number of hydrogen-bond donors (Lipinski definition) is 0. The number of ketones is 1. The Morgan fingerprint density at radius 3 is 2.71 bits per heavy atom. The van der Waals surface area contributed by atoms with Crippen LogP contribution in [0.4, 0.5) is 0 Å². The standard InChI is InChI=1S/C19H22OS/c1-19-13-7-9-16(19)18(21-14-5-3-2-4-6-14)12-10-15(19)17(20)11-8-13/h2-6,12-13,15-16H,7-11H2,1H3/t13-,15+,16-,19-/m0/s1. The van der Waals surface area contributed by atoms with Gasteiger partial charge in [0, 0.05) is 17.2 Å². The summed E-state index contributed by atoms with van der Waals surface area (Å²) in [7, 11) is 0. The van der Waals surface area contributed by atoms with Crippen molar-refractivity contribution in [1.29, 1.82) is 0 Å². The molecule has 0 aromatic heterocycles. The third-order valence-corrected chi connectivity index (χ3v) is 7.38. The molecule has 4 rings (SSSR count). The van der Waals surface area contributed by atoms with Crippen molar-refractivity contribution in [2.24, 2.45) is 23.2 Å². The summed E-state index contributed by atoms with van der Waals surface area (Å²) in [5.74, 6) is 2.20. The highest BCUT2D eigenvalue weighted by Gasteiger charge is 2.57. The molecule has 0 N–H and O–H groups in total. The number of hydrogen-bond acceptors (Lipinski definition) is 2. The van der Waals surface area contributed by atoms with Crippen molar-refractivity contribution in [3.8, 4) is 0 Å². The maximum absolute atomic E-state index is 12.4. The molecule has 0 unspecified atom stereocenters. The first-order valence-electron chi connectivity index (χ1n) is 8.15. The van der Waals surface area contributed by atoms with Gasteiger partial charge in [-0.3, -0.25) is 4.79 Å². The molecule has 2 heteroatoms. The summed E-state index contributed by atoms with van der Waals surface area (Å²) in [6.07, 6.45) is 7.89. The lowest BCUT2D eigenvalue weighted by atomic mass is 9.56. The maximum atomic E-state index is 12.4. The van der Waals surface area contributed by atoms with Gasteiger partial charge in [-0.15, -0.1) is 0 Å². The van der Waals surface area contributed by atoms with E-state index in [9.17, 15) is 4.79 Å². The van der Waals surface area contributed by atoms with E-state index in [1.807, 2.05) is 11.8 Å². The molecule has 0 spiro atoms. The minimum absolute atomic E-state index is 0.237. The molecule has 0 aliphatic heterocycles. The molecule has 0 radical (unpaired) electrons. The molecular weight excluding hydrogens is 276 g/mol. The van der Waals surface area contributed by atoms with Gasteiger partial charge in [0.2, 0.25) is 0 Å². The van der Waals surface area contributed by atoms with E-state index in [1.54, 1.807) is 0 Å². The van der Waals surface area contributed by atoms with Crippen molar-refractivity contribution in [2.75, 3.05) is 0 Å². The van der Waals surface area contributed by atoms with E-state index in [1.165, 1.54) is 22.6 Å². The predicted octanol–water partition coefficient (Wildman–Crippen LogP) is 5.08. The number of carbonyl (C=O) groups excluding carboxylic acids is 1. The fourth-order valence-corrected chi connectivity index (χ4v) is 6.30. The number of Topliss-reactive ketones (excluding diaryl/α,β-unsaturated/α-hetero) is 1. The van der Waals surface area contributed by atoms with Crippen molar-refractivity contribution >= 4 is 17.5 Å². The first-order chi connectivity index (χ1) is 10.2. The fraction of sp³-hybridized carbons (Fsp3) is 0.526. The van der Waals surface area contributed by atoms with E-state index in [-0.39, 0.29) is 5.41 Å². The SMILES string of the molecule is C[C@]12[C@@H]3CCC(=O)[C@H]1CC=C(Sc1ccccc1)[C@@H]2CC3. The van der Waals surface area contributed by atoms with Crippen LogP contribution in [0.25, 0.3) is 0 Å². The van der Waals surface area contributed by atoms with Crippen LogP contribution in [0.1, 0.15) is 39.0 Å². The predicted molar refractivity (Wildman–Crippen MR) is 87.1 cm³/mol. The topological polar surface area (TPSA) is 17.1 Å². The molecule has 21 heavy (non-hydrogen) atoms. The molecule has 1 aromatic rings. The molecule has 0 bridgehead atoms. The van der Waals surface area contributed by atoms with E-state index < -0.39 is 0 Å². The van der Waals surface area contributed by atoms with Gasteiger partial charge < -0.3 is 0 Å². The molecular formula is C19H22OS. The minimum atomic E-state index is 0.237. The zero-order chi connectivity index (χ0) is 14.4. The van der Waals surface area contributed by atoms with E-state index in [0.717, 1.165) is 25.2 Å². The molecule has 2 saturated carbocycles. The van der Waals surface area contributed by atoms with E-state index in [4.69, 9.17) is 0 Å². The average molecular weight is 298 g/mol. The van der Waals surface area contributed by atoms with Crippen LogP contribution < -0.4 is 0 Å². The Kier molecular flexibility index (Phi) is 3.25. The van der Waals surface area contributed by atoms with Gasteiger partial charge in [0.15, 0.2) is 0 Å². The largest absolute Gasteiger partial charge is 0.299 e. The number of carbonyl (C=O) groups is 1. The molecule has 3 aliphatic rings. The zero-order valence-electron chi connectivity index (χ0n) is 12.5. The highest BCUT2D eigenvalue weighted by Crippen LogP contribution is 2.64. The van der Waals surface area contributed by atoms with Crippen LogP contribution in [0.5, 0.6) is 0 Å². The first kappa shape index (κ1) is 13.6. The van der Waals surface area contributed by atoms with Crippen molar-refractivity contribution < 1.29 is 4.79 Å². The van der Waals surface area contributed by atoms with Crippen LogP contribution in [-0.2, 0) is 4.79 Å². The summed E-state index contributed by atoms with van der Waals surface area (Å²) >= 11 is 1.93. The average Bonchev–Trinajstić information content (AvgIpc) is 2.83. The fourth-order valence-electron chi connectivity index (χ4n) is 5.04. The van der Waals surface area contributed by atoms with Crippen molar-refractivity contribution in [3.05, 3.63) is 41.3 Å². The van der Waals surface area contributed by atoms with Crippen LogP contribution in [0, 0.1) is 23.2 Å². The lowest BCUT2D eigenvalue weighted by molar-refractivity contribution is -0.133. The monoisotopic (exact) mass is 298 g/mol. The highest BCUT2D eigenvalue weighted by molar-refractivity contribution is 8.03. The summed E-state index contributed by atoms with van der Waals surface area (Å²) in [5, 5.41) is 0. The summed E-state index contributed by atoms with van der Waals surface area (Å²) < 4.78 is 0. The smallest absolute Gasteiger partial charge is 0.136 e. The second-order valence-corrected chi connectivity index (χ2v) is 8.15. The van der Waals surface area contributed by atoms with Gasteiger partial charge in [0.05, 0.1) is 0 Å².